The maximum absolute atomic E-state index is 11.3. The predicted molar refractivity (Wildman–Crippen MR) is 67.8 cm³/mol. The molecule has 96 valence electrons. The largest absolute Gasteiger partial charge is 0.481 e. The van der Waals surface area contributed by atoms with Crippen LogP contribution in [0.4, 0.5) is 0 Å². The molecule has 0 saturated heterocycles. The van der Waals surface area contributed by atoms with Gasteiger partial charge in [-0.1, -0.05) is 32.9 Å². The molecule has 0 aromatic carbocycles. The van der Waals surface area contributed by atoms with E-state index in [0.717, 1.165) is 25.9 Å². The standard InChI is InChI=1S/C14H23NO2/c1-10-12(15-8-4-5-9-15)7-6-11(13(16)17)14(10,2)3/h4-5,10-12H,6-9H2,1-3H3,(H,16,17). The monoisotopic (exact) mass is 237 g/mol. The van der Waals surface area contributed by atoms with Crippen LogP contribution < -0.4 is 0 Å². The van der Waals surface area contributed by atoms with E-state index in [4.69, 9.17) is 0 Å². The van der Waals surface area contributed by atoms with Gasteiger partial charge in [-0.15, -0.1) is 0 Å². The van der Waals surface area contributed by atoms with Crippen LogP contribution in [0.5, 0.6) is 0 Å². The number of carbonyl (C=O) groups is 1. The molecule has 0 bridgehead atoms. The first-order valence-electron chi connectivity index (χ1n) is 6.56. The second-order valence-corrected chi connectivity index (χ2v) is 6.07. The van der Waals surface area contributed by atoms with Crippen LogP contribution in [-0.4, -0.2) is 35.1 Å². The Morgan fingerprint density at radius 3 is 2.41 bits per heavy atom. The van der Waals surface area contributed by atoms with Crippen molar-refractivity contribution in [2.45, 2.75) is 39.7 Å². The molecule has 1 heterocycles. The molecule has 3 atom stereocenters. The van der Waals surface area contributed by atoms with Crippen LogP contribution in [0.15, 0.2) is 12.2 Å². The second-order valence-electron chi connectivity index (χ2n) is 6.07. The summed E-state index contributed by atoms with van der Waals surface area (Å²) in [7, 11) is 0. The lowest BCUT2D eigenvalue weighted by atomic mass is 9.60. The third-order valence-corrected chi connectivity index (χ3v) is 5.01. The molecular weight excluding hydrogens is 214 g/mol. The number of aliphatic carboxylic acids is 1. The third-order valence-electron chi connectivity index (χ3n) is 5.01. The van der Waals surface area contributed by atoms with Crippen LogP contribution in [0.3, 0.4) is 0 Å². The van der Waals surface area contributed by atoms with Gasteiger partial charge in [0.1, 0.15) is 0 Å². The van der Waals surface area contributed by atoms with E-state index in [1.54, 1.807) is 0 Å². The molecule has 1 fully saturated rings. The highest BCUT2D eigenvalue weighted by Crippen LogP contribution is 2.46. The van der Waals surface area contributed by atoms with E-state index in [1.165, 1.54) is 0 Å². The van der Waals surface area contributed by atoms with Crippen molar-refractivity contribution in [3.63, 3.8) is 0 Å². The van der Waals surface area contributed by atoms with Gasteiger partial charge < -0.3 is 5.11 Å². The summed E-state index contributed by atoms with van der Waals surface area (Å²) >= 11 is 0. The normalized spacial score (nSPS) is 37.2. The van der Waals surface area contributed by atoms with E-state index in [1.807, 2.05) is 0 Å². The summed E-state index contributed by atoms with van der Waals surface area (Å²) in [6.07, 6.45) is 6.25. The highest BCUT2D eigenvalue weighted by molar-refractivity contribution is 5.71. The molecule has 2 aliphatic rings. The Balaban J connectivity index is 2.13. The molecule has 1 aliphatic carbocycles. The van der Waals surface area contributed by atoms with Gasteiger partial charge in [0.25, 0.3) is 0 Å². The predicted octanol–water partition coefficient (Wildman–Crippen LogP) is 2.38. The molecule has 1 saturated carbocycles. The molecule has 3 heteroatoms. The number of carboxylic acid groups (broad SMARTS) is 1. The number of hydrogen-bond donors (Lipinski definition) is 1. The quantitative estimate of drug-likeness (QED) is 0.750. The summed E-state index contributed by atoms with van der Waals surface area (Å²) in [6, 6.07) is 0.538. The second kappa shape index (κ2) is 4.45. The molecule has 0 radical (unpaired) electrons. The summed E-state index contributed by atoms with van der Waals surface area (Å²) in [5.41, 5.74) is -0.114. The SMILES string of the molecule is CC1C(N2CC=CC2)CCC(C(=O)O)C1(C)C. The zero-order chi connectivity index (χ0) is 12.6. The summed E-state index contributed by atoms with van der Waals surface area (Å²) in [5, 5.41) is 9.32. The van der Waals surface area contributed by atoms with Crippen molar-refractivity contribution in [1.29, 1.82) is 0 Å². The number of hydrogen-bond acceptors (Lipinski definition) is 2. The molecule has 17 heavy (non-hydrogen) atoms. The first-order chi connectivity index (χ1) is 7.94. The molecule has 1 aliphatic heterocycles. The molecule has 3 nitrogen and oxygen atoms in total. The highest BCUT2D eigenvalue weighted by Gasteiger charge is 2.47. The zero-order valence-electron chi connectivity index (χ0n) is 11.0. The third kappa shape index (κ3) is 2.13. The first-order valence-corrected chi connectivity index (χ1v) is 6.56. The van der Waals surface area contributed by atoms with Gasteiger partial charge in [0.15, 0.2) is 0 Å². The molecule has 0 aromatic heterocycles. The summed E-state index contributed by atoms with van der Waals surface area (Å²) in [4.78, 5) is 13.8. The van der Waals surface area contributed by atoms with Crippen LogP contribution >= 0.6 is 0 Å². The van der Waals surface area contributed by atoms with Crippen molar-refractivity contribution in [1.82, 2.24) is 4.90 Å². The van der Waals surface area contributed by atoms with Gasteiger partial charge in [-0.05, 0) is 24.2 Å². The van der Waals surface area contributed by atoms with Crippen molar-refractivity contribution in [3.05, 3.63) is 12.2 Å². The van der Waals surface area contributed by atoms with Gasteiger partial charge in [0.05, 0.1) is 5.92 Å². The van der Waals surface area contributed by atoms with E-state index in [-0.39, 0.29) is 11.3 Å². The Hall–Kier alpha value is -0.830. The van der Waals surface area contributed by atoms with Gasteiger partial charge in [-0.2, -0.15) is 0 Å². The topological polar surface area (TPSA) is 40.5 Å². The Kier molecular flexibility index (Phi) is 3.30. The lowest BCUT2D eigenvalue weighted by Gasteiger charge is -2.49. The molecule has 3 unspecified atom stereocenters. The Morgan fingerprint density at radius 2 is 1.88 bits per heavy atom. The van der Waals surface area contributed by atoms with E-state index in [0.29, 0.717) is 12.0 Å². The van der Waals surface area contributed by atoms with Gasteiger partial charge >= 0.3 is 5.97 Å². The Morgan fingerprint density at radius 1 is 1.29 bits per heavy atom. The fraction of sp³-hybridized carbons (Fsp3) is 0.786. The van der Waals surface area contributed by atoms with Crippen molar-refractivity contribution < 1.29 is 9.90 Å². The minimum Gasteiger partial charge on any atom is -0.481 e. The van der Waals surface area contributed by atoms with Crippen molar-refractivity contribution in [2.24, 2.45) is 17.3 Å². The van der Waals surface area contributed by atoms with E-state index in [9.17, 15) is 9.90 Å². The van der Waals surface area contributed by atoms with Crippen molar-refractivity contribution in [2.75, 3.05) is 13.1 Å². The molecular formula is C14H23NO2. The van der Waals surface area contributed by atoms with E-state index in [2.05, 4.69) is 37.8 Å². The summed E-state index contributed by atoms with van der Waals surface area (Å²) in [5.74, 6) is -0.388. The van der Waals surface area contributed by atoms with Crippen LogP contribution in [0, 0.1) is 17.3 Å². The van der Waals surface area contributed by atoms with Gasteiger partial charge in [-0.3, -0.25) is 9.69 Å². The Labute approximate surface area is 103 Å². The zero-order valence-corrected chi connectivity index (χ0v) is 11.0. The molecule has 0 spiro atoms. The fourth-order valence-electron chi connectivity index (χ4n) is 3.48. The summed E-state index contributed by atoms with van der Waals surface area (Å²) < 4.78 is 0. The number of carboxylic acids is 1. The van der Waals surface area contributed by atoms with Crippen LogP contribution in [0.25, 0.3) is 0 Å². The van der Waals surface area contributed by atoms with Crippen molar-refractivity contribution >= 4 is 5.97 Å². The van der Waals surface area contributed by atoms with Gasteiger partial charge in [0, 0.05) is 19.1 Å². The minimum atomic E-state index is -0.625. The number of nitrogens with zero attached hydrogens (tertiary/aromatic N) is 1. The lowest BCUT2D eigenvalue weighted by molar-refractivity contribution is -0.151. The molecule has 0 amide bonds. The first kappa shape index (κ1) is 12.6. The van der Waals surface area contributed by atoms with E-state index >= 15 is 0 Å². The molecule has 2 rings (SSSR count). The molecule has 1 N–H and O–H groups in total. The number of rotatable bonds is 2. The van der Waals surface area contributed by atoms with Gasteiger partial charge in [-0.25, -0.2) is 0 Å². The fourth-order valence-corrected chi connectivity index (χ4v) is 3.48. The van der Waals surface area contributed by atoms with E-state index < -0.39 is 5.97 Å². The van der Waals surface area contributed by atoms with Crippen LogP contribution in [0.2, 0.25) is 0 Å². The minimum absolute atomic E-state index is 0.114. The molecule has 0 aromatic rings. The smallest absolute Gasteiger partial charge is 0.307 e. The van der Waals surface area contributed by atoms with Crippen LogP contribution in [-0.2, 0) is 4.79 Å². The summed E-state index contributed by atoms with van der Waals surface area (Å²) in [6.45, 7) is 8.52. The lowest BCUT2D eigenvalue weighted by Crippen LogP contribution is -2.51. The maximum Gasteiger partial charge on any atom is 0.307 e. The van der Waals surface area contributed by atoms with Crippen LogP contribution in [0.1, 0.15) is 33.6 Å². The van der Waals surface area contributed by atoms with Gasteiger partial charge in [0.2, 0.25) is 0 Å². The average molecular weight is 237 g/mol. The average Bonchev–Trinajstić information content (AvgIpc) is 2.74. The Bertz CT molecular complexity index is 327. The van der Waals surface area contributed by atoms with Crippen molar-refractivity contribution in [3.8, 4) is 0 Å². The maximum atomic E-state index is 11.3. The highest BCUT2D eigenvalue weighted by atomic mass is 16.4.